The van der Waals surface area contributed by atoms with Gasteiger partial charge in [-0.25, -0.2) is 0 Å². The van der Waals surface area contributed by atoms with Gasteiger partial charge < -0.3 is 15.1 Å². The van der Waals surface area contributed by atoms with Crippen molar-refractivity contribution in [1.82, 2.24) is 4.90 Å². The first-order chi connectivity index (χ1) is 8.00. The first-order valence-electron chi connectivity index (χ1n) is 5.82. The molecular weight excluding hydrogens is 284 g/mol. The molecule has 2 rings (SSSR count). The van der Waals surface area contributed by atoms with Crippen molar-refractivity contribution in [2.45, 2.75) is 44.8 Å². The maximum atomic E-state index is 12.0. The Bertz CT molecular complexity index is 416. The van der Waals surface area contributed by atoms with E-state index >= 15 is 0 Å². The largest absolute Gasteiger partial charge is 0.452 e. The molecular formula is C12H17BrN2O2. The average Bonchev–Trinajstić information content (AvgIpc) is 2.67. The van der Waals surface area contributed by atoms with Crippen LogP contribution < -0.4 is 5.73 Å². The van der Waals surface area contributed by atoms with E-state index in [-0.39, 0.29) is 24.0 Å². The summed E-state index contributed by atoms with van der Waals surface area (Å²) in [5.74, 6) is 0.908. The maximum absolute atomic E-state index is 12.0. The maximum Gasteiger partial charge on any atom is 0.223 e. The Labute approximate surface area is 109 Å². The predicted molar refractivity (Wildman–Crippen MR) is 68.3 cm³/mol. The molecule has 4 nitrogen and oxygen atoms in total. The topological polar surface area (TPSA) is 59.5 Å². The van der Waals surface area contributed by atoms with Gasteiger partial charge in [-0.15, -0.1) is 0 Å². The number of carbonyl (C=O) groups excluding carboxylic acids is 1. The molecule has 1 saturated heterocycles. The summed E-state index contributed by atoms with van der Waals surface area (Å²) < 4.78 is 6.23. The van der Waals surface area contributed by atoms with Gasteiger partial charge in [-0.05, 0) is 48.3 Å². The normalized spacial score (nSPS) is 25.7. The lowest BCUT2D eigenvalue weighted by Crippen LogP contribution is -2.51. The van der Waals surface area contributed by atoms with Gasteiger partial charge in [0.05, 0.1) is 0 Å². The van der Waals surface area contributed by atoms with E-state index < -0.39 is 0 Å². The molecule has 1 aromatic heterocycles. The number of nitrogens with zero attached hydrogens (tertiary/aromatic N) is 1. The second kappa shape index (κ2) is 4.82. The number of rotatable bonds is 2. The predicted octanol–water partition coefficient (Wildman–Crippen LogP) is 2.44. The summed E-state index contributed by atoms with van der Waals surface area (Å²) in [6, 6.07) is 3.63. The molecule has 2 unspecified atom stereocenters. The number of nitrogens with two attached hydrogens (primary N) is 1. The van der Waals surface area contributed by atoms with E-state index in [1.807, 2.05) is 30.9 Å². The highest BCUT2D eigenvalue weighted by Crippen LogP contribution is 2.34. The van der Waals surface area contributed by atoms with E-state index in [2.05, 4.69) is 15.9 Å². The molecule has 0 aromatic carbocycles. The quantitative estimate of drug-likeness (QED) is 0.912. The third-order valence-electron chi connectivity index (χ3n) is 3.13. The first kappa shape index (κ1) is 12.6. The summed E-state index contributed by atoms with van der Waals surface area (Å²) in [6.07, 6.45) is 1.24. The Balaban J connectivity index is 2.35. The van der Waals surface area contributed by atoms with Gasteiger partial charge in [0.1, 0.15) is 11.8 Å². The lowest BCUT2D eigenvalue weighted by Gasteiger charge is -2.41. The number of amides is 1. The highest BCUT2D eigenvalue weighted by molar-refractivity contribution is 9.10. The summed E-state index contributed by atoms with van der Waals surface area (Å²) in [6.45, 7) is 4.00. The van der Waals surface area contributed by atoms with Gasteiger partial charge in [-0.2, -0.15) is 0 Å². The number of likely N-dealkylation sites (tertiary alicyclic amines) is 1. The van der Waals surface area contributed by atoms with Gasteiger partial charge in [-0.1, -0.05) is 0 Å². The van der Waals surface area contributed by atoms with Crippen LogP contribution in [0, 0.1) is 0 Å². The van der Waals surface area contributed by atoms with Crippen molar-refractivity contribution in [1.29, 1.82) is 0 Å². The monoisotopic (exact) mass is 300 g/mol. The van der Waals surface area contributed by atoms with E-state index in [0.29, 0.717) is 17.5 Å². The fourth-order valence-electron chi connectivity index (χ4n) is 2.38. The molecule has 1 aliphatic heterocycles. The summed E-state index contributed by atoms with van der Waals surface area (Å²) in [7, 11) is 0. The molecule has 0 saturated carbocycles. The molecule has 0 bridgehead atoms. The van der Waals surface area contributed by atoms with Crippen LogP contribution in [-0.2, 0) is 4.79 Å². The number of hydrogen-bond donors (Lipinski definition) is 1. The van der Waals surface area contributed by atoms with Crippen LogP contribution in [0.1, 0.15) is 38.5 Å². The van der Waals surface area contributed by atoms with Crippen molar-refractivity contribution < 1.29 is 9.21 Å². The minimum atomic E-state index is -0.150. The van der Waals surface area contributed by atoms with Gasteiger partial charge >= 0.3 is 0 Å². The van der Waals surface area contributed by atoms with Crippen LogP contribution in [0.4, 0.5) is 0 Å². The summed E-state index contributed by atoms with van der Waals surface area (Å²) >= 11 is 3.28. The number of hydrogen-bond acceptors (Lipinski definition) is 3. The van der Waals surface area contributed by atoms with Gasteiger partial charge in [-0.3, -0.25) is 4.79 Å². The van der Waals surface area contributed by atoms with Crippen molar-refractivity contribution in [2.75, 3.05) is 0 Å². The second-order valence-electron chi connectivity index (χ2n) is 4.68. The van der Waals surface area contributed by atoms with Crippen LogP contribution in [0.3, 0.4) is 0 Å². The minimum absolute atomic E-state index is 0.0619. The van der Waals surface area contributed by atoms with Crippen molar-refractivity contribution >= 4 is 21.8 Å². The highest BCUT2D eigenvalue weighted by Gasteiger charge is 2.38. The molecule has 0 spiro atoms. The van der Waals surface area contributed by atoms with Crippen molar-refractivity contribution in [3.63, 3.8) is 0 Å². The molecule has 1 amide bonds. The fraction of sp³-hybridized carbons (Fsp3) is 0.583. The SMILES string of the molecule is CC(C)N1C(=O)CCC(N)C1c1ccc(Br)o1. The third-order valence-corrected chi connectivity index (χ3v) is 3.55. The molecule has 17 heavy (non-hydrogen) atoms. The second-order valence-corrected chi connectivity index (χ2v) is 5.47. The lowest BCUT2D eigenvalue weighted by molar-refractivity contribution is -0.140. The first-order valence-corrected chi connectivity index (χ1v) is 6.62. The molecule has 2 N–H and O–H groups in total. The van der Waals surface area contributed by atoms with E-state index in [9.17, 15) is 4.79 Å². The number of carbonyl (C=O) groups is 1. The Morgan fingerprint density at radius 1 is 1.53 bits per heavy atom. The van der Waals surface area contributed by atoms with E-state index in [4.69, 9.17) is 10.2 Å². The van der Waals surface area contributed by atoms with Crippen LogP contribution in [0.5, 0.6) is 0 Å². The van der Waals surface area contributed by atoms with E-state index in [0.717, 1.165) is 5.76 Å². The van der Waals surface area contributed by atoms with Gasteiger partial charge in [0.15, 0.2) is 4.67 Å². The zero-order valence-electron chi connectivity index (χ0n) is 10.0. The molecule has 2 atom stereocenters. The molecule has 1 fully saturated rings. The molecule has 94 valence electrons. The molecule has 0 radical (unpaired) electrons. The summed E-state index contributed by atoms with van der Waals surface area (Å²) in [4.78, 5) is 13.8. The molecule has 2 heterocycles. The highest BCUT2D eigenvalue weighted by atomic mass is 79.9. The van der Waals surface area contributed by atoms with Gasteiger partial charge in [0, 0.05) is 18.5 Å². The number of piperidine rings is 1. The molecule has 1 aliphatic rings. The van der Waals surface area contributed by atoms with Crippen molar-refractivity contribution in [3.8, 4) is 0 Å². The van der Waals surface area contributed by atoms with Crippen LogP contribution in [0.2, 0.25) is 0 Å². The number of halogens is 1. The van der Waals surface area contributed by atoms with Crippen molar-refractivity contribution in [3.05, 3.63) is 22.6 Å². The molecule has 0 aliphatic carbocycles. The Morgan fingerprint density at radius 2 is 2.24 bits per heavy atom. The van der Waals surface area contributed by atoms with Crippen molar-refractivity contribution in [2.24, 2.45) is 5.73 Å². The van der Waals surface area contributed by atoms with Gasteiger partial charge in [0.25, 0.3) is 0 Å². The van der Waals surface area contributed by atoms with Gasteiger partial charge in [0.2, 0.25) is 5.91 Å². The molecule has 1 aromatic rings. The average molecular weight is 301 g/mol. The van der Waals surface area contributed by atoms with E-state index in [1.54, 1.807) is 0 Å². The van der Waals surface area contributed by atoms with Crippen LogP contribution in [0.25, 0.3) is 0 Å². The van der Waals surface area contributed by atoms with Crippen LogP contribution >= 0.6 is 15.9 Å². The Morgan fingerprint density at radius 3 is 2.76 bits per heavy atom. The molecule has 5 heteroatoms. The third kappa shape index (κ3) is 2.40. The summed E-state index contributed by atoms with van der Waals surface area (Å²) in [5, 5.41) is 0. The number of furan rings is 1. The zero-order chi connectivity index (χ0) is 12.6. The summed E-state index contributed by atoms with van der Waals surface area (Å²) in [5.41, 5.74) is 6.14. The van der Waals surface area contributed by atoms with E-state index in [1.165, 1.54) is 0 Å². The Hall–Kier alpha value is -0.810. The van der Waals surface area contributed by atoms with Crippen LogP contribution in [0.15, 0.2) is 21.2 Å². The fourth-order valence-corrected chi connectivity index (χ4v) is 2.70. The minimum Gasteiger partial charge on any atom is -0.452 e. The lowest BCUT2D eigenvalue weighted by atomic mass is 9.93. The van der Waals surface area contributed by atoms with Crippen LogP contribution in [-0.4, -0.2) is 22.9 Å². The smallest absolute Gasteiger partial charge is 0.223 e. The Kier molecular flexibility index (Phi) is 3.58. The zero-order valence-corrected chi connectivity index (χ0v) is 11.6. The standard InChI is InChI=1S/C12H17BrN2O2/c1-7(2)15-11(16)6-3-8(14)12(15)9-4-5-10(13)17-9/h4-5,7-8,12H,3,6,14H2,1-2H3.